The van der Waals surface area contributed by atoms with Gasteiger partial charge in [0.05, 0.1) is 22.0 Å². The third-order valence-electron chi connectivity index (χ3n) is 5.07. The molecule has 0 saturated carbocycles. The number of aromatic nitrogens is 3. The van der Waals surface area contributed by atoms with Crippen molar-refractivity contribution in [1.82, 2.24) is 15.0 Å². The van der Waals surface area contributed by atoms with Gasteiger partial charge >= 0.3 is 0 Å². The van der Waals surface area contributed by atoms with E-state index in [4.69, 9.17) is 21.4 Å². The Hall–Kier alpha value is -3.11. The van der Waals surface area contributed by atoms with Gasteiger partial charge in [-0.15, -0.1) is 11.3 Å². The SMILES string of the molecule is CCCC#Cc1csc2c(C(N)C(N)Cc3ccccc3)nc(-c3ccncc3)nc12. The summed E-state index contributed by atoms with van der Waals surface area (Å²) in [6.45, 7) is 2.12. The minimum absolute atomic E-state index is 0.275. The summed E-state index contributed by atoms with van der Waals surface area (Å²) >= 11 is 1.58. The van der Waals surface area contributed by atoms with Gasteiger partial charge in [-0.2, -0.15) is 0 Å². The summed E-state index contributed by atoms with van der Waals surface area (Å²) in [5.74, 6) is 7.11. The van der Waals surface area contributed by atoms with E-state index in [1.165, 1.54) is 0 Å². The highest BCUT2D eigenvalue weighted by Gasteiger charge is 2.23. The van der Waals surface area contributed by atoms with E-state index >= 15 is 0 Å². The quantitative estimate of drug-likeness (QED) is 0.443. The molecule has 2 atom stereocenters. The summed E-state index contributed by atoms with van der Waals surface area (Å²) < 4.78 is 0.953. The van der Waals surface area contributed by atoms with E-state index in [0.717, 1.165) is 45.4 Å². The molecule has 4 aromatic rings. The first-order valence-corrected chi connectivity index (χ1v) is 11.3. The van der Waals surface area contributed by atoms with Gasteiger partial charge in [-0.3, -0.25) is 4.98 Å². The third kappa shape index (κ3) is 4.80. The van der Waals surface area contributed by atoms with Crippen molar-refractivity contribution in [3.63, 3.8) is 0 Å². The Labute approximate surface area is 186 Å². The second-order valence-corrected chi connectivity index (χ2v) is 8.31. The lowest BCUT2D eigenvalue weighted by atomic mass is 9.98. The molecular formula is C25H25N5S. The summed E-state index contributed by atoms with van der Waals surface area (Å²) in [5, 5.41) is 2.04. The zero-order chi connectivity index (χ0) is 21.6. The normalized spacial score (nSPS) is 12.9. The lowest BCUT2D eigenvalue weighted by Gasteiger charge is -2.20. The molecule has 5 nitrogen and oxygen atoms in total. The van der Waals surface area contributed by atoms with Crippen LogP contribution in [-0.4, -0.2) is 21.0 Å². The Morgan fingerprint density at radius 1 is 1.03 bits per heavy atom. The van der Waals surface area contributed by atoms with Gasteiger partial charge in [-0.25, -0.2) is 9.97 Å². The Bertz CT molecular complexity index is 1210. The first-order valence-electron chi connectivity index (χ1n) is 10.4. The van der Waals surface area contributed by atoms with Gasteiger partial charge in [-0.05, 0) is 30.5 Å². The molecule has 0 radical (unpaired) electrons. The molecule has 4 N–H and O–H groups in total. The number of unbranched alkanes of at least 4 members (excludes halogenated alkanes) is 1. The number of rotatable bonds is 6. The van der Waals surface area contributed by atoms with Gasteiger partial charge in [0.2, 0.25) is 0 Å². The molecule has 0 aliphatic carbocycles. The van der Waals surface area contributed by atoms with Crippen LogP contribution in [-0.2, 0) is 6.42 Å². The van der Waals surface area contributed by atoms with Gasteiger partial charge in [0, 0.05) is 35.8 Å². The fourth-order valence-corrected chi connectivity index (χ4v) is 4.36. The summed E-state index contributed by atoms with van der Waals surface area (Å²) in [7, 11) is 0. The van der Waals surface area contributed by atoms with Crippen molar-refractivity contribution >= 4 is 21.6 Å². The van der Waals surface area contributed by atoms with E-state index in [0.29, 0.717) is 12.2 Å². The number of benzene rings is 1. The van der Waals surface area contributed by atoms with Gasteiger partial charge in [0.15, 0.2) is 5.82 Å². The molecular weight excluding hydrogens is 402 g/mol. The molecule has 0 aliphatic heterocycles. The first-order chi connectivity index (χ1) is 15.2. The number of nitrogens with zero attached hydrogens (tertiary/aromatic N) is 3. The van der Waals surface area contributed by atoms with Crippen LogP contribution >= 0.6 is 11.3 Å². The van der Waals surface area contributed by atoms with Gasteiger partial charge in [0.25, 0.3) is 0 Å². The van der Waals surface area contributed by atoms with Crippen molar-refractivity contribution in [1.29, 1.82) is 0 Å². The zero-order valence-electron chi connectivity index (χ0n) is 17.5. The molecule has 0 spiro atoms. The Morgan fingerprint density at radius 3 is 2.55 bits per heavy atom. The van der Waals surface area contributed by atoms with E-state index in [9.17, 15) is 0 Å². The molecule has 3 aromatic heterocycles. The van der Waals surface area contributed by atoms with Crippen molar-refractivity contribution in [2.75, 3.05) is 0 Å². The van der Waals surface area contributed by atoms with Crippen molar-refractivity contribution < 1.29 is 0 Å². The van der Waals surface area contributed by atoms with Crippen LogP contribution in [0.3, 0.4) is 0 Å². The summed E-state index contributed by atoms with van der Waals surface area (Å²) in [4.78, 5) is 13.8. The lowest BCUT2D eigenvalue weighted by Crippen LogP contribution is -2.36. The number of nitrogens with two attached hydrogens (primary N) is 2. The van der Waals surface area contributed by atoms with E-state index in [2.05, 4.69) is 35.9 Å². The van der Waals surface area contributed by atoms with Crippen molar-refractivity contribution in [2.45, 2.75) is 38.3 Å². The van der Waals surface area contributed by atoms with Gasteiger partial charge in [-0.1, -0.05) is 49.1 Å². The predicted octanol–water partition coefficient (Wildman–Crippen LogP) is 4.47. The molecule has 0 saturated heterocycles. The average molecular weight is 428 g/mol. The molecule has 3 heterocycles. The highest BCUT2D eigenvalue weighted by Crippen LogP contribution is 2.32. The highest BCUT2D eigenvalue weighted by molar-refractivity contribution is 7.17. The number of hydrogen-bond donors (Lipinski definition) is 2. The molecule has 2 unspecified atom stereocenters. The van der Waals surface area contributed by atoms with Crippen LogP contribution in [0.15, 0.2) is 60.2 Å². The van der Waals surface area contributed by atoms with E-state index in [-0.39, 0.29) is 6.04 Å². The zero-order valence-corrected chi connectivity index (χ0v) is 18.3. The molecule has 6 heteroatoms. The summed E-state index contributed by atoms with van der Waals surface area (Å²) in [6, 6.07) is 13.2. The average Bonchev–Trinajstić information content (AvgIpc) is 3.22. The Kier molecular flexibility index (Phi) is 6.68. The van der Waals surface area contributed by atoms with Gasteiger partial charge < -0.3 is 11.5 Å². The fraction of sp³-hybridized carbons (Fsp3) is 0.240. The monoisotopic (exact) mass is 427 g/mol. The minimum atomic E-state index is -0.429. The molecule has 0 aliphatic rings. The van der Waals surface area contributed by atoms with Crippen molar-refractivity contribution in [2.24, 2.45) is 11.5 Å². The van der Waals surface area contributed by atoms with Crippen LogP contribution in [0.25, 0.3) is 21.6 Å². The largest absolute Gasteiger partial charge is 0.326 e. The maximum absolute atomic E-state index is 6.67. The molecule has 0 amide bonds. The Balaban J connectivity index is 1.78. The van der Waals surface area contributed by atoms with Crippen LogP contribution in [0.4, 0.5) is 0 Å². The third-order valence-corrected chi connectivity index (χ3v) is 6.06. The van der Waals surface area contributed by atoms with Gasteiger partial charge in [0.1, 0.15) is 5.52 Å². The number of thiophene rings is 1. The fourth-order valence-electron chi connectivity index (χ4n) is 3.38. The highest BCUT2D eigenvalue weighted by atomic mass is 32.1. The second-order valence-electron chi connectivity index (χ2n) is 7.43. The topological polar surface area (TPSA) is 90.7 Å². The predicted molar refractivity (Wildman–Crippen MR) is 127 cm³/mol. The number of fused-ring (bicyclic) bond motifs is 1. The molecule has 31 heavy (non-hydrogen) atoms. The first kappa shape index (κ1) is 21.1. The van der Waals surface area contributed by atoms with Crippen LogP contribution in [0.5, 0.6) is 0 Å². The maximum Gasteiger partial charge on any atom is 0.160 e. The minimum Gasteiger partial charge on any atom is -0.326 e. The second kappa shape index (κ2) is 9.80. The van der Waals surface area contributed by atoms with Crippen molar-refractivity contribution in [3.05, 3.63) is 77.1 Å². The van der Waals surface area contributed by atoms with E-state index < -0.39 is 6.04 Å². The standard InChI is InChI=1S/C25H25N5S/c1-2-3-5-10-19-16-31-24-22(19)29-25(18-11-13-28-14-12-18)30-23(24)21(27)20(26)15-17-8-6-4-7-9-17/h4,6-9,11-14,16,20-21H,2-3,15,26-27H2,1H3. The molecule has 0 fully saturated rings. The van der Waals surface area contributed by atoms with Crippen molar-refractivity contribution in [3.8, 4) is 23.2 Å². The maximum atomic E-state index is 6.67. The van der Waals surface area contributed by atoms with E-state index in [1.807, 2.05) is 35.7 Å². The number of pyridine rings is 1. The molecule has 0 bridgehead atoms. The molecule has 156 valence electrons. The number of hydrogen-bond acceptors (Lipinski definition) is 6. The molecule has 1 aromatic carbocycles. The molecule has 4 rings (SSSR count). The van der Waals surface area contributed by atoms with E-state index in [1.54, 1.807) is 23.7 Å². The van der Waals surface area contributed by atoms with Crippen LogP contribution in [0.1, 0.15) is 42.6 Å². The summed E-state index contributed by atoms with van der Waals surface area (Å²) in [5.41, 5.74) is 17.8. The van der Waals surface area contributed by atoms with Crippen LogP contribution in [0, 0.1) is 11.8 Å². The smallest absolute Gasteiger partial charge is 0.160 e. The lowest BCUT2D eigenvalue weighted by molar-refractivity contribution is 0.537. The van der Waals surface area contributed by atoms with Crippen LogP contribution < -0.4 is 11.5 Å². The van der Waals surface area contributed by atoms with Crippen LogP contribution in [0.2, 0.25) is 0 Å². The Morgan fingerprint density at radius 2 is 1.81 bits per heavy atom. The summed E-state index contributed by atoms with van der Waals surface area (Å²) in [6.07, 6.45) is 6.02.